The SMILES string of the molecule is CS(=O)(=O)c1ccc2oc(-c3ccc(O)cc3)nc2c1. The minimum Gasteiger partial charge on any atom is -0.508 e. The van der Waals surface area contributed by atoms with Crippen molar-refractivity contribution in [3.63, 3.8) is 0 Å². The Morgan fingerprint density at radius 3 is 2.45 bits per heavy atom. The van der Waals surface area contributed by atoms with E-state index in [9.17, 15) is 13.5 Å². The van der Waals surface area contributed by atoms with Gasteiger partial charge in [0.05, 0.1) is 4.90 Å². The lowest BCUT2D eigenvalue weighted by Crippen LogP contribution is -1.95. The van der Waals surface area contributed by atoms with Crippen LogP contribution in [0.25, 0.3) is 22.6 Å². The number of rotatable bonds is 2. The summed E-state index contributed by atoms with van der Waals surface area (Å²) >= 11 is 0. The number of phenols is 1. The molecule has 102 valence electrons. The van der Waals surface area contributed by atoms with Crippen LogP contribution in [0.15, 0.2) is 51.8 Å². The highest BCUT2D eigenvalue weighted by molar-refractivity contribution is 7.90. The zero-order chi connectivity index (χ0) is 14.3. The van der Waals surface area contributed by atoms with Crippen molar-refractivity contribution in [3.8, 4) is 17.2 Å². The van der Waals surface area contributed by atoms with Crippen molar-refractivity contribution < 1.29 is 17.9 Å². The fraction of sp³-hybridized carbons (Fsp3) is 0.0714. The van der Waals surface area contributed by atoms with Gasteiger partial charge in [0.15, 0.2) is 15.4 Å². The van der Waals surface area contributed by atoms with Crippen molar-refractivity contribution in [2.75, 3.05) is 6.26 Å². The first-order valence-electron chi connectivity index (χ1n) is 5.83. The van der Waals surface area contributed by atoms with Gasteiger partial charge in [0, 0.05) is 11.8 Å². The van der Waals surface area contributed by atoms with Crippen LogP contribution >= 0.6 is 0 Å². The van der Waals surface area contributed by atoms with Crippen LogP contribution in [-0.2, 0) is 9.84 Å². The highest BCUT2D eigenvalue weighted by atomic mass is 32.2. The summed E-state index contributed by atoms with van der Waals surface area (Å²) in [4.78, 5) is 4.48. The molecule has 0 fully saturated rings. The molecule has 0 aliphatic rings. The van der Waals surface area contributed by atoms with E-state index >= 15 is 0 Å². The Hall–Kier alpha value is -2.34. The number of hydrogen-bond acceptors (Lipinski definition) is 5. The molecule has 0 radical (unpaired) electrons. The third-order valence-corrected chi connectivity index (χ3v) is 4.01. The third-order valence-electron chi connectivity index (χ3n) is 2.90. The van der Waals surface area contributed by atoms with Gasteiger partial charge in [0.25, 0.3) is 0 Å². The predicted octanol–water partition coefficient (Wildman–Crippen LogP) is 2.60. The van der Waals surface area contributed by atoms with Gasteiger partial charge in [-0.1, -0.05) is 0 Å². The summed E-state index contributed by atoms with van der Waals surface area (Å²) in [6.45, 7) is 0. The van der Waals surface area contributed by atoms with Gasteiger partial charge in [0.1, 0.15) is 11.3 Å². The molecule has 6 heteroatoms. The number of aromatic nitrogens is 1. The molecule has 0 amide bonds. The van der Waals surface area contributed by atoms with Crippen LogP contribution in [0.4, 0.5) is 0 Å². The smallest absolute Gasteiger partial charge is 0.227 e. The number of fused-ring (bicyclic) bond motifs is 1. The second-order valence-electron chi connectivity index (χ2n) is 4.47. The molecule has 0 saturated heterocycles. The quantitative estimate of drug-likeness (QED) is 0.784. The Morgan fingerprint density at radius 1 is 1.10 bits per heavy atom. The zero-order valence-corrected chi connectivity index (χ0v) is 11.4. The minimum absolute atomic E-state index is 0.157. The van der Waals surface area contributed by atoms with Crippen LogP contribution in [0.3, 0.4) is 0 Å². The maximum absolute atomic E-state index is 11.5. The number of oxazole rings is 1. The molecule has 0 atom stereocenters. The van der Waals surface area contributed by atoms with Crippen LogP contribution in [0.1, 0.15) is 0 Å². The molecule has 3 rings (SSSR count). The molecule has 0 saturated carbocycles. The van der Waals surface area contributed by atoms with Crippen molar-refractivity contribution in [3.05, 3.63) is 42.5 Å². The van der Waals surface area contributed by atoms with Crippen LogP contribution in [-0.4, -0.2) is 24.8 Å². The van der Waals surface area contributed by atoms with E-state index in [1.54, 1.807) is 18.2 Å². The summed E-state index contributed by atoms with van der Waals surface area (Å²) in [6, 6.07) is 11.0. The van der Waals surface area contributed by atoms with Gasteiger partial charge in [0.2, 0.25) is 5.89 Å². The first-order valence-corrected chi connectivity index (χ1v) is 7.73. The Morgan fingerprint density at radius 2 is 1.80 bits per heavy atom. The average molecular weight is 289 g/mol. The van der Waals surface area contributed by atoms with Gasteiger partial charge in [-0.05, 0) is 42.5 Å². The molecular formula is C14H11NO4S. The van der Waals surface area contributed by atoms with Crippen LogP contribution in [0.2, 0.25) is 0 Å². The van der Waals surface area contributed by atoms with E-state index in [0.717, 1.165) is 6.26 Å². The lowest BCUT2D eigenvalue weighted by atomic mass is 10.2. The zero-order valence-electron chi connectivity index (χ0n) is 10.6. The number of benzene rings is 2. The first-order chi connectivity index (χ1) is 9.43. The average Bonchev–Trinajstić information content (AvgIpc) is 2.81. The first kappa shape index (κ1) is 12.7. The lowest BCUT2D eigenvalue weighted by molar-refractivity contribution is 0.475. The monoisotopic (exact) mass is 289 g/mol. The topological polar surface area (TPSA) is 80.4 Å². The van der Waals surface area contributed by atoms with E-state index in [2.05, 4.69) is 4.98 Å². The van der Waals surface area contributed by atoms with Gasteiger partial charge in [-0.3, -0.25) is 0 Å². The lowest BCUT2D eigenvalue weighted by Gasteiger charge is -1.95. The van der Waals surface area contributed by atoms with E-state index < -0.39 is 9.84 Å². The summed E-state index contributed by atoms with van der Waals surface area (Å²) in [5, 5.41) is 9.25. The fourth-order valence-corrected chi connectivity index (χ4v) is 2.51. The largest absolute Gasteiger partial charge is 0.508 e. The number of hydrogen-bond donors (Lipinski definition) is 1. The minimum atomic E-state index is -3.27. The van der Waals surface area contributed by atoms with Crippen molar-refractivity contribution >= 4 is 20.9 Å². The summed E-state index contributed by atoms with van der Waals surface area (Å²) in [5.41, 5.74) is 1.70. The van der Waals surface area contributed by atoms with Gasteiger partial charge in [-0.25, -0.2) is 13.4 Å². The van der Waals surface area contributed by atoms with Crippen LogP contribution in [0.5, 0.6) is 5.75 Å². The molecule has 20 heavy (non-hydrogen) atoms. The second kappa shape index (κ2) is 4.35. The van der Waals surface area contributed by atoms with E-state index in [1.807, 2.05) is 0 Å². The summed E-state index contributed by atoms with van der Waals surface area (Å²) in [6.07, 6.45) is 1.15. The standard InChI is InChI=1S/C14H11NO4S/c1-20(17,18)11-6-7-13-12(8-11)15-14(19-13)9-2-4-10(16)5-3-9/h2-8,16H,1H3. The maximum Gasteiger partial charge on any atom is 0.227 e. The van der Waals surface area contributed by atoms with Crippen molar-refractivity contribution in [1.29, 1.82) is 0 Å². The summed E-state index contributed by atoms with van der Waals surface area (Å²) in [5.74, 6) is 0.537. The summed E-state index contributed by atoms with van der Waals surface area (Å²) < 4.78 is 28.6. The molecule has 1 heterocycles. The molecule has 0 bridgehead atoms. The van der Waals surface area contributed by atoms with Crippen molar-refractivity contribution in [2.45, 2.75) is 4.90 Å². The molecule has 0 spiro atoms. The molecule has 1 aromatic heterocycles. The second-order valence-corrected chi connectivity index (χ2v) is 6.48. The van der Waals surface area contributed by atoms with Crippen molar-refractivity contribution in [2.24, 2.45) is 0 Å². The molecule has 3 aromatic rings. The normalized spacial score (nSPS) is 11.8. The van der Waals surface area contributed by atoms with Gasteiger partial charge in [-0.2, -0.15) is 0 Å². The number of phenolic OH excluding ortho intramolecular Hbond substituents is 1. The number of sulfone groups is 1. The van der Waals surface area contributed by atoms with Crippen LogP contribution in [0, 0.1) is 0 Å². The highest BCUT2D eigenvalue weighted by Gasteiger charge is 2.12. The molecule has 5 nitrogen and oxygen atoms in total. The van der Waals surface area contributed by atoms with Crippen molar-refractivity contribution in [1.82, 2.24) is 4.98 Å². The van der Waals surface area contributed by atoms with E-state index in [4.69, 9.17) is 4.42 Å². The van der Waals surface area contributed by atoms with Gasteiger partial charge < -0.3 is 9.52 Å². The maximum atomic E-state index is 11.5. The molecule has 0 aliphatic heterocycles. The highest BCUT2D eigenvalue weighted by Crippen LogP contribution is 2.27. The third kappa shape index (κ3) is 2.25. The summed E-state index contributed by atoms with van der Waals surface area (Å²) in [7, 11) is -3.27. The fourth-order valence-electron chi connectivity index (χ4n) is 1.87. The Balaban J connectivity index is 2.13. The predicted molar refractivity (Wildman–Crippen MR) is 74.2 cm³/mol. The molecule has 2 aromatic carbocycles. The van der Waals surface area contributed by atoms with E-state index in [1.165, 1.54) is 24.3 Å². The number of aromatic hydroxyl groups is 1. The van der Waals surface area contributed by atoms with Gasteiger partial charge in [-0.15, -0.1) is 0 Å². The molecule has 0 unspecified atom stereocenters. The number of nitrogens with zero attached hydrogens (tertiary/aromatic N) is 1. The molecule has 0 aliphatic carbocycles. The Labute approximate surface area is 115 Å². The Bertz CT molecular complexity index is 879. The molecular weight excluding hydrogens is 278 g/mol. The Kier molecular flexibility index (Phi) is 2.76. The van der Waals surface area contributed by atoms with Gasteiger partial charge >= 0.3 is 0 Å². The molecule has 1 N–H and O–H groups in total. The van der Waals surface area contributed by atoms with E-state index in [0.29, 0.717) is 22.6 Å². The van der Waals surface area contributed by atoms with Crippen LogP contribution < -0.4 is 0 Å². The van der Waals surface area contributed by atoms with E-state index in [-0.39, 0.29) is 10.6 Å².